The van der Waals surface area contributed by atoms with Gasteiger partial charge in [-0.3, -0.25) is 0 Å². The number of hydrogen-bond donors (Lipinski definition) is 1. The first kappa shape index (κ1) is 14.8. The van der Waals surface area contributed by atoms with Gasteiger partial charge in [-0.25, -0.2) is 4.98 Å². The van der Waals surface area contributed by atoms with Crippen molar-refractivity contribution in [3.05, 3.63) is 83.8 Å². The molecule has 24 heavy (non-hydrogen) atoms. The van der Waals surface area contributed by atoms with E-state index in [0.29, 0.717) is 11.8 Å². The lowest BCUT2D eigenvalue weighted by atomic mass is 10.1. The van der Waals surface area contributed by atoms with E-state index in [-0.39, 0.29) is 0 Å². The maximum atomic E-state index is 6.27. The molecule has 0 aliphatic carbocycles. The molecule has 4 aromatic rings. The molecule has 0 amide bonds. The van der Waals surface area contributed by atoms with Crippen LogP contribution in [0, 0.1) is 0 Å². The van der Waals surface area contributed by atoms with Crippen molar-refractivity contribution in [3.63, 3.8) is 0 Å². The van der Waals surface area contributed by atoms with Gasteiger partial charge in [0.1, 0.15) is 17.5 Å². The Balaban J connectivity index is 1.64. The molecule has 0 radical (unpaired) electrons. The highest BCUT2D eigenvalue weighted by Crippen LogP contribution is 2.34. The molecule has 0 atom stereocenters. The van der Waals surface area contributed by atoms with E-state index in [2.05, 4.69) is 22.1 Å². The van der Waals surface area contributed by atoms with Crippen LogP contribution in [0.15, 0.2) is 73.1 Å². The summed E-state index contributed by atoms with van der Waals surface area (Å²) in [7, 11) is 0. The Morgan fingerprint density at radius 1 is 1.00 bits per heavy atom. The minimum absolute atomic E-state index is 0.499. The number of hydrogen-bond acceptors (Lipinski definition) is 2. The Labute approximate surface area is 144 Å². The molecular formula is C20H15ClN2O. The molecule has 0 saturated heterocycles. The highest BCUT2D eigenvalue weighted by Gasteiger charge is 2.11. The zero-order valence-electron chi connectivity index (χ0n) is 12.9. The van der Waals surface area contributed by atoms with Crippen molar-refractivity contribution in [1.29, 1.82) is 0 Å². The minimum Gasteiger partial charge on any atom is -0.489 e. The molecule has 0 fully saturated rings. The summed E-state index contributed by atoms with van der Waals surface area (Å²) in [5.41, 5.74) is 4.18. The summed E-state index contributed by atoms with van der Waals surface area (Å²) in [6, 6.07) is 20.0. The largest absolute Gasteiger partial charge is 0.489 e. The number of fused-ring (bicyclic) bond motifs is 1. The average Bonchev–Trinajstić information content (AvgIpc) is 3.07. The molecule has 0 unspecified atom stereocenters. The van der Waals surface area contributed by atoms with Gasteiger partial charge in [-0.1, -0.05) is 54.1 Å². The summed E-state index contributed by atoms with van der Waals surface area (Å²) in [4.78, 5) is 7.42. The monoisotopic (exact) mass is 334 g/mol. The molecule has 4 heteroatoms. The van der Waals surface area contributed by atoms with Crippen molar-refractivity contribution in [2.75, 3.05) is 0 Å². The molecule has 0 spiro atoms. The first-order valence-electron chi connectivity index (χ1n) is 7.70. The van der Waals surface area contributed by atoms with Crippen molar-refractivity contribution in [2.24, 2.45) is 0 Å². The fourth-order valence-electron chi connectivity index (χ4n) is 2.76. The molecule has 118 valence electrons. The minimum atomic E-state index is 0.499. The van der Waals surface area contributed by atoms with Crippen LogP contribution in [-0.2, 0) is 6.61 Å². The lowest BCUT2D eigenvalue weighted by Crippen LogP contribution is -1.94. The third kappa shape index (κ3) is 2.86. The van der Waals surface area contributed by atoms with E-state index in [9.17, 15) is 0 Å². The summed E-state index contributed by atoms with van der Waals surface area (Å²) in [6.07, 6.45) is 3.65. The van der Waals surface area contributed by atoms with Gasteiger partial charge in [0, 0.05) is 23.3 Å². The molecule has 0 bridgehead atoms. The molecule has 4 rings (SSSR count). The smallest absolute Gasteiger partial charge is 0.138 e. The molecule has 0 saturated carbocycles. The SMILES string of the molecule is Clc1nccc2[nH]cc(-c3cccc(OCc4ccccc4)c3)c12. The lowest BCUT2D eigenvalue weighted by Gasteiger charge is -2.08. The quantitative estimate of drug-likeness (QED) is 0.503. The van der Waals surface area contributed by atoms with Gasteiger partial charge in [-0.2, -0.15) is 0 Å². The number of halogens is 1. The van der Waals surface area contributed by atoms with Crippen LogP contribution in [0.3, 0.4) is 0 Å². The van der Waals surface area contributed by atoms with Gasteiger partial charge >= 0.3 is 0 Å². The van der Waals surface area contributed by atoms with Gasteiger partial charge in [0.15, 0.2) is 0 Å². The summed E-state index contributed by atoms with van der Waals surface area (Å²) < 4.78 is 5.91. The van der Waals surface area contributed by atoms with Crippen molar-refractivity contribution in [2.45, 2.75) is 6.61 Å². The standard InChI is InChI=1S/C20H15ClN2O/c21-20-19-17(12-23-18(19)9-10-22-20)15-7-4-8-16(11-15)24-13-14-5-2-1-3-6-14/h1-12,23H,13H2. The second-order valence-corrected chi connectivity index (χ2v) is 5.89. The van der Waals surface area contributed by atoms with Crippen LogP contribution in [0.2, 0.25) is 5.15 Å². The second kappa shape index (κ2) is 6.38. The van der Waals surface area contributed by atoms with Crippen LogP contribution in [-0.4, -0.2) is 9.97 Å². The third-order valence-corrected chi connectivity index (χ3v) is 4.23. The zero-order valence-corrected chi connectivity index (χ0v) is 13.6. The van der Waals surface area contributed by atoms with Crippen LogP contribution in [0.4, 0.5) is 0 Å². The number of benzene rings is 2. The van der Waals surface area contributed by atoms with E-state index in [1.807, 2.05) is 54.7 Å². The number of ether oxygens (including phenoxy) is 1. The van der Waals surface area contributed by atoms with E-state index in [1.165, 1.54) is 0 Å². The molecular weight excluding hydrogens is 320 g/mol. The fourth-order valence-corrected chi connectivity index (χ4v) is 3.02. The Kier molecular flexibility index (Phi) is 3.93. The summed E-state index contributed by atoms with van der Waals surface area (Å²) >= 11 is 6.27. The molecule has 2 aromatic carbocycles. The van der Waals surface area contributed by atoms with Gasteiger partial charge in [0.05, 0.1) is 5.52 Å². The van der Waals surface area contributed by atoms with Crippen LogP contribution in [0.25, 0.3) is 22.0 Å². The van der Waals surface area contributed by atoms with Gasteiger partial charge in [0.25, 0.3) is 0 Å². The maximum Gasteiger partial charge on any atom is 0.138 e. The molecule has 0 aliphatic rings. The van der Waals surface area contributed by atoms with Crippen molar-refractivity contribution < 1.29 is 4.74 Å². The Hall–Kier alpha value is -2.78. The second-order valence-electron chi connectivity index (χ2n) is 5.53. The normalized spacial score (nSPS) is 10.9. The average molecular weight is 335 g/mol. The van der Waals surface area contributed by atoms with Crippen molar-refractivity contribution in [1.82, 2.24) is 9.97 Å². The Morgan fingerprint density at radius 3 is 2.75 bits per heavy atom. The third-order valence-electron chi connectivity index (χ3n) is 3.94. The number of nitrogens with zero attached hydrogens (tertiary/aromatic N) is 1. The van der Waals surface area contributed by atoms with E-state index in [1.54, 1.807) is 6.20 Å². The van der Waals surface area contributed by atoms with Crippen molar-refractivity contribution in [3.8, 4) is 16.9 Å². The van der Waals surface area contributed by atoms with Crippen molar-refractivity contribution >= 4 is 22.5 Å². The van der Waals surface area contributed by atoms with Crippen LogP contribution in [0.1, 0.15) is 5.56 Å². The number of pyridine rings is 1. The zero-order chi connectivity index (χ0) is 16.4. The Bertz CT molecular complexity index is 979. The lowest BCUT2D eigenvalue weighted by molar-refractivity contribution is 0.306. The topological polar surface area (TPSA) is 37.9 Å². The van der Waals surface area contributed by atoms with Crippen LogP contribution >= 0.6 is 11.6 Å². The van der Waals surface area contributed by atoms with Gasteiger partial charge in [-0.15, -0.1) is 0 Å². The Morgan fingerprint density at radius 2 is 1.88 bits per heavy atom. The molecule has 3 nitrogen and oxygen atoms in total. The predicted molar refractivity (Wildman–Crippen MR) is 97.3 cm³/mol. The number of nitrogens with one attached hydrogen (secondary N) is 1. The van der Waals surface area contributed by atoms with E-state index in [4.69, 9.17) is 16.3 Å². The first-order chi connectivity index (χ1) is 11.8. The van der Waals surface area contributed by atoms with Gasteiger partial charge in [-0.05, 0) is 29.3 Å². The van der Waals surface area contributed by atoms with Gasteiger partial charge < -0.3 is 9.72 Å². The number of H-pyrrole nitrogens is 1. The molecule has 2 heterocycles. The van der Waals surface area contributed by atoms with Crippen LogP contribution in [0.5, 0.6) is 5.75 Å². The van der Waals surface area contributed by atoms with E-state index >= 15 is 0 Å². The maximum absolute atomic E-state index is 6.27. The number of aromatic amines is 1. The molecule has 1 N–H and O–H groups in total. The van der Waals surface area contributed by atoms with Crippen LogP contribution < -0.4 is 4.74 Å². The van der Waals surface area contributed by atoms with Gasteiger partial charge in [0.2, 0.25) is 0 Å². The molecule has 0 aliphatic heterocycles. The highest BCUT2D eigenvalue weighted by atomic mass is 35.5. The fraction of sp³-hybridized carbons (Fsp3) is 0.0500. The summed E-state index contributed by atoms with van der Waals surface area (Å²) in [6.45, 7) is 0.542. The number of aromatic nitrogens is 2. The predicted octanol–water partition coefficient (Wildman–Crippen LogP) is 5.46. The molecule has 2 aromatic heterocycles. The number of rotatable bonds is 4. The highest BCUT2D eigenvalue weighted by molar-refractivity contribution is 6.35. The van der Waals surface area contributed by atoms with E-state index < -0.39 is 0 Å². The summed E-state index contributed by atoms with van der Waals surface area (Å²) in [5, 5.41) is 1.43. The van der Waals surface area contributed by atoms with E-state index in [0.717, 1.165) is 33.3 Å². The summed E-state index contributed by atoms with van der Waals surface area (Å²) in [5.74, 6) is 0.825. The first-order valence-corrected chi connectivity index (χ1v) is 8.08.